The largest absolute Gasteiger partial charge is 0.461 e. The third-order valence-corrected chi connectivity index (χ3v) is 4.76. The predicted molar refractivity (Wildman–Crippen MR) is 88.5 cm³/mol. The first-order valence-corrected chi connectivity index (χ1v) is 8.61. The molecule has 6 nitrogen and oxygen atoms in total. The van der Waals surface area contributed by atoms with Crippen LogP contribution in [-0.2, 0) is 0 Å². The van der Waals surface area contributed by atoms with Gasteiger partial charge in [-0.2, -0.15) is 26.7 Å². The summed E-state index contributed by atoms with van der Waals surface area (Å²) in [7, 11) is 0. The normalized spacial score (nSPS) is 22.5. The van der Waals surface area contributed by atoms with Crippen LogP contribution in [0.1, 0.15) is 34.6 Å². The minimum Gasteiger partial charge on any atom is -0.461 e. The standard InChI is InChI=1S/C14H25N5OS/c1-6-15-12-16-13(18-14(17-12)20-9(2)3)19-7-8-21-11(5)10(19)4/h9-11H,6-8H2,1-5H3,(H,15,16,17,18). The van der Waals surface area contributed by atoms with Gasteiger partial charge in [0, 0.05) is 30.1 Å². The van der Waals surface area contributed by atoms with E-state index in [0.29, 0.717) is 29.2 Å². The van der Waals surface area contributed by atoms with Crippen LogP contribution in [0.25, 0.3) is 0 Å². The number of hydrogen-bond acceptors (Lipinski definition) is 7. The first-order valence-electron chi connectivity index (χ1n) is 7.56. The number of hydrogen-bond donors (Lipinski definition) is 1. The molecule has 2 atom stereocenters. The number of ether oxygens (including phenoxy) is 1. The summed E-state index contributed by atoms with van der Waals surface area (Å²) in [5.74, 6) is 2.38. The van der Waals surface area contributed by atoms with Gasteiger partial charge in [-0.25, -0.2) is 0 Å². The molecule has 0 aliphatic carbocycles. The molecule has 2 rings (SSSR count). The van der Waals surface area contributed by atoms with Crippen LogP contribution in [0, 0.1) is 0 Å². The summed E-state index contributed by atoms with van der Waals surface area (Å²) in [6, 6.07) is 0.788. The molecular formula is C14H25N5OS. The minimum absolute atomic E-state index is 0.0444. The van der Waals surface area contributed by atoms with Gasteiger partial charge >= 0.3 is 6.01 Å². The Balaban J connectivity index is 2.29. The molecule has 0 aromatic carbocycles. The highest BCUT2D eigenvalue weighted by molar-refractivity contribution is 8.00. The molecule has 0 amide bonds. The summed E-state index contributed by atoms with van der Waals surface area (Å²) in [6.07, 6.45) is 0.0444. The van der Waals surface area contributed by atoms with Crippen LogP contribution in [0.5, 0.6) is 6.01 Å². The van der Waals surface area contributed by atoms with Crippen molar-refractivity contribution < 1.29 is 4.74 Å². The highest BCUT2D eigenvalue weighted by Crippen LogP contribution is 2.28. The van der Waals surface area contributed by atoms with E-state index in [1.54, 1.807) is 0 Å². The van der Waals surface area contributed by atoms with Crippen LogP contribution in [0.4, 0.5) is 11.9 Å². The summed E-state index contributed by atoms with van der Waals surface area (Å²) < 4.78 is 5.66. The first-order chi connectivity index (χ1) is 10.0. The Morgan fingerprint density at radius 1 is 1.33 bits per heavy atom. The zero-order valence-corrected chi connectivity index (χ0v) is 14.3. The molecule has 0 spiro atoms. The first kappa shape index (κ1) is 16.1. The van der Waals surface area contributed by atoms with E-state index < -0.39 is 0 Å². The third-order valence-electron chi connectivity index (χ3n) is 3.42. The number of nitrogens with zero attached hydrogens (tertiary/aromatic N) is 4. The van der Waals surface area contributed by atoms with Gasteiger partial charge < -0.3 is 15.0 Å². The maximum atomic E-state index is 5.66. The van der Waals surface area contributed by atoms with Crippen molar-refractivity contribution in [3.05, 3.63) is 0 Å². The average molecular weight is 311 g/mol. The molecule has 21 heavy (non-hydrogen) atoms. The van der Waals surface area contributed by atoms with Crippen molar-refractivity contribution in [2.45, 2.75) is 52.0 Å². The van der Waals surface area contributed by atoms with E-state index in [2.05, 4.69) is 39.0 Å². The molecule has 1 saturated heterocycles. The second-order valence-corrected chi connectivity index (χ2v) is 6.93. The lowest BCUT2D eigenvalue weighted by atomic mass is 10.2. The van der Waals surface area contributed by atoms with Gasteiger partial charge in [0.15, 0.2) is 0 Å². The molecule has 2 heterocycles. The molecule has 1 aliphatic heterocycles. The Morgan fingerprint density at radius 2 is 2.10 bits per heavy atom. The number of nitrogens with one attached hydrogen (secondary N) is 1. The molecule has 2 unspecified atom stereocenters. The van der Waals surface area contributed by atoms with Crippen LogP contribution in [0.2, 0.25) is 0 Å². The molecule has 1 aliphatic rings. The van der Waals surface area contributed by atoms with E-state index in [4.69, 9.17) is 4.74 Å². The summed E-state index contributed by atoms with van der Waals surface area (Å²) in [4.78, 5) is 15.6. The van der Waals surface area contributed by atoms with Crippen molar-refractivity contribution in [3.63, 3.8) is 0 Å². The molecule has 7 heteroatoms. The molecule has 0 radical (unpaired) electrons. The molecule has 118 valence electrons. The Kier molecular flexibility index (Phi) is 5.50. The molecule has 1 fully saturated rings. The van der Waals surface area contributed by atoms with Crippen molar-refractivity contribution in [2.75, 3.05) is 29.1 Å². The lowest BCUT2D eigenvalue weighted by molar-refractivity contribution is 0.222. The van der Waals surface area contributed by atoms with Gasteiger partial charge in [0.05, 0.1) is 6.10 Å². The van der Waals surface area contributed by atoms with Crippen molar-refractivity contribution in [3.8, 4) is 6.01 Å². The van der Waals surface area contributed by atoms with Gasteiger partial charge in [-0.1, -0.05) is 6.92 Å². The van der Waals surface area contributed by atoms with Crippen molar-refractivity contribution in [1.29, 1.82) is 0 Å². The number of thioether (sulfide) groups is 1. The Hall–Kier alpha value is -1.24. The molecular weight excluding hydrogens is 286 g/mol. The topological polar surface area (TPSA) is 63.2 Å². The molecule has 0 saturated carbocycles. The van der Waals surface area contributed by atoms with Gasteiger partial charge in [0.25, 0.3) is 0 Å². The molecule has 1 N–H and O–H groups in total. The van der Waals surface area contributed by atoms with Crippen LogP contribution >= 0.6 is 11.8 Å². The highest BCUT2D eigenvalue weighted by Gasteiger charge is 2.28. The maximum Gasteiger partial charge on any atom is 0.323 e. The smallest absolute Gasteiger partial charge is 0.323 e. The van der Waals surface area contributed by atoms with Gasteiger partial charge in [-0.05, 0) is 27.7 Å². The summed E-state index contributed by atoms with van der Waals surface area (Å²) in [5, 5.41) is 3.72. The third kappa shape index (κ3) is 4.12. The average Bonchev–Trinajstić information content (AvgIpc) is 2.41. The van der Waals surface area contributed by atoms with Gasteiger partial charge in [0.1, 0.15) is 0 Å². The van der Waals surface area contributed by atoms with E-state index in [1.807, 2.05) is 32.5 Å². The van der Waals surface area contributed by atoms with Crippen LogP contribution in [0.3, 0.4) is 0 Å². The van der Waals surface area contributed by atoms with Crippen LogP contribution < -0.4 is 15.0 Å². The number of rotatable bonds is 5. The van der Waals surface area contributed by atoms with Gasteiger partial charge in [0.2, 0.25) is 11.9 Å². The zero-order valence-electron chi connectivity index (χ0n) is 13.5. The fourth-order valence-corrected chi connectivity index (χ4v) is 3.29. The van der Waals surface area contributed by atoms with Crippen LogP contribution in [-0.4, -0.2) is 51.2 Å². The number of anilines is 2. The lowest BCUT2D eigenvalue weighted by Gasteiger charge is -2.37. The second-order valence-electron chi connectivity index (χ2n) is 5.45. The van der Waals surface area contributed by atoms with Gasteiger partial charge in [-0.15, -0.1) is 0 Å². The van der Waals surface area contributed by atoms with E-state index in [9.17, 15) is 0 Å². The predicted octanol–water partition coefficient (Wildman–Crippen LogP) is 2.42. The minimum atomic E-state index is 0.0444. The SMILES string of the molecule is CCNc1nc(OC(C)C)nc(N2CCSC(C)C2C)n1. The van der Waals surface area contributed by atoms with E-state index in [-0.39, 0.29) is 6.10 Å². The Morgan fingerprint density at radius 3 is 2.76 bits per heavy atom. The van der Waals surface area contributed by atoms with E-state index in [1.165, 1.54) is 0 Å². The molecule has 0 bridgehead atoms. The maximum absolute atomic E-state index is 5.66. The Bertz CT molecular complexity index is 471. The van der Waals surface area contributed by atoms with Crippen molar-refractivity contribution >= 4 is 23.7 Å². The highest BCUT2D eigenvalue weighted by atomic mass is 32.2. The Labute approximate surface area is 131 Å². The van der Waals surface area contributed by atoms with E-state index in [0.717, 1.165) is 18.8 Å². The summed E-state index contributed by atoms with van der Waals surface area (Å²) in [6.45, 7) is 12.2. The lowest BCUT2D eigenvalue weighted by Crippen LogP contribution is -2.45. The molecule has 1 aromatic rings. The van der Waals surface area contributed by atoms with Crippen LogP contribution in [0.15, 0.2) is 0 Å². The number of aromatic nitrogens is 3. The van der Waals surface area contributed by atoms with Crippen molar-refractivity contribution in [1.82, 2.24) is 15.0 Å². The fraction of sp³-hybridized carbons (Fsp3) is 0.786. The summed E-state index contributed by atoms with van der Waals surface area (Å²) in [5.41, 5.74) is 0. The fourth-order valence-electron chi connectivity index (χ4n) is 2.19. The summed E-state index contributed by atoms with van der Waals surface area (Å²) >= 11 is 1.99. The second kappa shape index (κ2) is 7.15. The quantitative estimate of drug-likeness (QED) is 0.896. The van der Waals surface area contributed by atoms with Crippen molar-refractivity contribution in [2.24, 2.45) is 0 Å². The van der Waals surface area contributed by atoms with Gasteiger partial charge in [-0.3, -0.25) is 0 Å². The zero-order chi connectivity index (χ0) is 15.4. The monoisotopic (exact) mass is 311 g/mol. The molecule has 1 aromatic heterocycles. The van der Waals surface area contributed by atoms with E-state index >= 15 is 0 Å².